The minimum Gasteiger partial charge on any atom is -0.359 e. The summed E-state index contributed by atoms with van der Waals surface area (Å²) in [5.41, 5.74) is 1.97. The molecule has 1 saturated heterocycles. The molecule has 1 aliphatic heterocycles. The molecule has 6 heteroatoms. The molecule has 1 aliphatic rings. The van der Waals surface area contributed by atoms with Crippen LogP contribution in [0, 0.1) is 12.7 Å². The fourth-order valence-electron chi connectivity index (χ4n) is 3.63. The van der Waals surface area contributed by atoms with Crippen LogP contribution < -0.4 is 5.32 Å². The van der Waals surface area contributed by atoms with Gasteiger partial charge in [-0.05, 0) is 57.2 Å². The number of aromatic nitrogens is 1. The maximum Gasteiger partial charge on any atom is 0.322 e. The lowest BCUT2D eigenvalue weighted by Crippen LogP contribution is -2.48. The quantitative estimate of drug-likeness (QED) is 0.898. The van der Waals surface area contributed by atoms with Crippen molar-refractivity contribution >= 4 is 11.7 Å². The Kier molecular flexibility index (Phi) is 4.79. The first-order valence-electron chi connectivity index (χ1n) is 8.71. The minimum absolute atomic E-state index is 0.155. The smallest absolute Gasteiger partial charge is 0.322 e. The van der Waals surface area contributed by atoms with Gasteiger partial charge in [0.25, 0.3) is 0 Å². The van der Waals surface area contributed by atoms with E-state index in [-0.39, 0.29) is 17.4 Å². The number of carbonyl (C=O) groups is 1. The second-order valence-electron chi connectivity index (χ2n) is 6.90. The second kappa shape index (κ2) is 6.86. The average Bonchev–Trinajstić information content (AvgIpc) is 3.11. The average molecular weight is 345 g/mol. The van der Waals surface area contributed by atoms with Gasteiger partial charge in [-0.15, -0.1) is 0 Å². The normalized spacial score (nSPS) is 20.1. The lowest BCUT2D eigenvalue weighted by Gasteiger charge is -2.35. The summed E-state index contributed by atoms with van der Waals surface area (Å²) in [6.45, 7) is 6.50. The zero-order chi connectivity index (χ0) is 18.0. The van der Waals surface area contributed by atoms with Gasteiger partial charge in [0, 0.05) is 12.1 Å². The zero-order valence-electron chi connectivity index (χ0n) is 14.9. The Morgan fingerprint density at radius 2 is 2.28 bits per heavy atom. The van der Waals surface area contributed by atoms with Gasteiger partial charge in [-0.1, -0.05) is 24.2 Å². The fraction of sp³-hybridized carbons (Fsp3) is 0.474. The van der Waals surface area contributed by atoms with Crippen molar-refractivity contribution in [3.63, 3.8) is 0 Å². The van der Waals surface area contributed by atoms with Crippen molar-refractivity contribution in [2.75, 3.05) is 11.9 Å². The summed E-state index contributed by atoms with van der Waals surface area (Å²) in [7, 11) is 0. The van der Waals surface area contributed by atoms with E-state index in [1.165, 1.54) is 6.07 Å². The van der Waals surface area contributed by atoms with Gasteiger partial charge in [0.05, 0.1) is 0 Å². The molecule has 5 nitrogen and oxygen atoms in total. The van der Waals surface area contributed by atoms with Gasteiger partial charge in [0.2, 0.25) is 0 Å². The third-order valence-electron chi connectivity index (χ3n) is 4.97. The summed E-state index contributed by atoms with van der Waals surface area (Å²) in [5.74, 6) is 0.360. The molecule has 0 saturated carbocycles. The molecule has 0 spiro atoms. The van der Waals surface area contributed by atoms with Crippen LogP contribution in [-0.2, 0) is 12.8 Å². The van der Waals surface area contributed by atoms with Gasteiger partial charge in [0.15, 0.2) is 5.76 Å². The summed E-state index contributed by atoms with van der Waals surface area (Å²) < 4.78 is 18.7. The molecule has 134 valence electrons. The van der Waals surface area contributed by atoms with Crippen LogP contribution in [0.25, 0.3) is 0 Å². The molecule has 1 atom stereocenters. The number of urea groups is 1. The van der Waals surface area contributed by atoms with Crippen molar-refractivity contribution in [3.8, 4) is 0 Å². The molecule has 1 aromatic carbocycles. The van der Waals surface area contributed by atoms with Crippen LogP contribution in [-0.4, -0.2) is 28.2 Å². The predicted octanol–water partition coefficient (Wildman–Crippen LogP) is 4.31. The van der Waals surface area contributed by atoms with Crippen LogP contribution in [0.5, 0.6) is 0 Å². The summed E-state index contributed by atoms with van der Waals surface area (Å²) >= 11 is 0. The third kappa shape index (κ3) is 3.52. The topological polar surface area (TPSA) is 58.4 Å². The maximum atomic E-state index is 13.5. The molecule has 3 rings (SSSR count). The van der Waals surface area contributed by atoms with E-state index in [1.54, 1.807) is 19.1 Å². The number of aryl methyl sites for hydroxylation is 2. The highest BCUT2D eigenvalue weighted by Gasteiger charge is 2.40. The molecule has 2 aromatic rings. The van der Waals surface area contributed by atoms with Crippen molar-refractivity contribution in [1.29, 1.82) is 0 Å². The van der Waals surface area contributed by atoms with Gasteiger partial charge in [-0.25, -0.2) is 9.18 Å². The SMILES string of the molecule is CCc1noc(C)c1NC(=O)N1CCCC1(C)Cc1cccc(F)c1. The number of hydrogen-bond donors (Lipinski definition) is 1. The Hall–Kier alpha value is -2.37. The van der Waals surface area contributed by atoms with Crippen molar-refractivity contribution in [2.45, 2.75) is 52.0 Å². The lowest BCUT2D eigenvalue weighted by molar-refractivity contribution is 0.167. The number of hydrogen-bond acceptors (Lipinski definition) is 3. The number of rotatable bonds is 4. The van der Waals surface area contributed by atoms with E-state index in [1.807, 2.05) is 17.9 Å². The number of amides is 2. The predicted molar refractivity (Wildman–Crippen MR) is 94.1 cm³/mol. The highest BCUT2D eigenvalue weighted by molar-refractivity contribution is 5.91. The van der Waals surface area contributed by atoms with Gasteiger partial charge < -0.3 is 14.7 Å². The minimum atomic E-state index is -0.338. The van der Waals surface area contributed by atoms with Gasteiger partial charge in [-0.2, -0.15) is 0 Å². The van der Waals surface area contributed by atoms with E-state index in [0.29, 0.717) is 30.8 Å². The van der Waals surface area contributed by atoms with E-state index in [2.05, 4.69) is 17.4 Å². The van der Waals surface area contributed by atoms with Crippen LogP contribution in [0.2, 0.25) is 0 Å². The fourth-order valence-corrected chi connectivity index (χ4v) is 3.63. The van der Waals surface area contributed by atoms with Crippen molar-refractivity contribution < 1.29 is 13.7 Å². The zero-order valence-corrected chi connectivity index (χ0v) is 14.9. The van der Waals surface area contributed by atoms with Crippen LogP contribution in [0.1, 0.15) is 43.7 Å². The Labute approximate surface area is 147 Å². The second-order valence-corrected chi connectivity index (χ2v) is 6.90. The van der Waals surface area contributed by atoms with Gasteiger partial charge in [0.1, 0.15) is 17.2 Å². The number of nitrogens with zero attached hydrogens (tertiary/aromatic N) is 2. The molecular formula is C19H24FN3O2. The number of carbonyl (C=O) groups excluding carboxylic acids is 1. The molecule has 0 aliphatic carbocycles. The van der Waals surface area contributed by atoms with E-state index in [9.17, 15) is 9.18 Å². The van der Waals surface area contributed by atoms with E-state index < -0.39 is 0 Å². The Bertz CT molecular complexity index is 774. The summed E-state index contributed by atoms with van der Waals surface area (Å²) in [6, 6.07) is 6.44. The third-order valence-corrected chi connectivity index (χ3v) is 4.97. The summed E-state index contributed by atoms with van der Waals surface area (Å²) in [6.07, 6.45) is 3.14. The first kappa shape index (κ1) is 17.5. The Balaban J connectivity index is 1.78. The molecule has 0 bridgehead atoms. The van der Waals surface area contributed by atoms with Crippen LogP contribution in [0.4, 0.5) is 14.9 Å². The number of likely N-dealkylation sites (tertiary alicyclic amines) is 1. The molecule has 1 aromatic heterocycles. The lowest BCUT2D eigenvalue weighted by atomic mass is 9.90. The largest absolute Gasteiger partial charge is 0.359 e. The van der Waals surface area contributed by atoms with Crippen molar-refractivity contribution in [2.24, 2.45) is 0 Å². The van der Waals surface area contributed by atoms with Crippen molar-refractivity contribution in [1.82, 2.24) is 10.1 Å². The standard InChI is InChI=1S/C19H24FN3O2/c1-4-16-17(13(2)25-22-16)21-18(24)23-10-6-9-19(23,3)12-14-7-5-8-15(20)11-14/h5,7-8,11H,4,6,9-10,12H2,1-3H3,(H,21,24). The van der Waals surface area contributed by atoms with E-state index >= 15 is 0 Å². The highest BCUT2D eigenvalue weighted by Crippen LogP contribution is 2.33. The van der Waals surface area contributed by atoms with Gasteiger partial charge >= 0.3 is 6.03 Å². The molecule has 1 unspecified atom stereocenters. The Morgan fingerprint density at radius 3 is 3.00 bits per heavy atom. The molecule has 2 amide bonds. The monoisotopic (exact) mass is 345 g/mol. The molecule has 2 heterocycles. The number of benzene rings is 1. The number of anilines is 1. The maximum absolute atomic E-state index is 13.5. The highest BCUT2D eigenvalue weighted by atomic mass is 19.1. The molecular weight excluding hydrogens is 321 g/mol. The summed E-state index contributed by atoms with van der Waals surface area (Å²) in [4.78, 5) is 14.7. The van der Waals surface area contributed by atoms with Gasteiger partial charge in [-0.3, -0.25) is 0 Å². The van der Waals surface area contributed by atoms with E-state index in [4.69, 9.17) is 4.52 Å². The molecule has 25 heavy (non-hydrogen) atoms. The first-order valence-corrected chi connectivity index (χ1v) is 8.71. The molecule has 1 N–H and O–H groups in total. The molecule has 1 fully saturated rings. The first-order chi connectivity index (χ1) is 11.9. The molecule has 0 radical (unpaired) electrons. The van der Waals surface area contributed by atoms with E-state index in [0.717, 1.165) is 24.1 Å². The summed E-state index contributed by atoms with van der Waals surface area (Å²) in [5, 5.41) is 6.94. The van der Waals surface area contributed by atoms with Crippen molar-refractivity contribution in [3.05, 3.63) is 47.1 Å². The Morgan fingerprint density at radius 1 is 1.48 bits per heavy atom. The number of nitrogens with one attached hydrogen (secondary N) is 1. The number of halogens is 1. The van der Waals surface area contributed by atoms with Crippen LogP contribution in [0.15, 0.2) is 28.8 Å². The van der Waals surface area contributed by atoms with Crippen LogP contribution >= 0.6 is 0 Å². The van der Waals surface area contributed by atoms with Crippen LogP contribution in [0.3, 0.4) is 0 Å².